The lowest BCUT2D eigenvalue weighted by atomic mass is 9.76. The highest BCUT2D eigenvalue weighted by Gasteiger charge is 2.24. The summed E-state index contributed by atoms with van der Waals surface area (Å²) in [6.45, 7) is 6.72. The van der Waals surface area contributed by atoms with Crippen molar-refractivity contribution in [3.8, 4) is 0 Å². The summed E-state index contributed by atoms with van der Waals surface area (Å²) in [4.78, 5) is 10.6. The molecule has 0 aliphatic heterocycles. The molecule has 2 heteroatoms. The fraction of sp³-hybridized carbons (Fsp3) is 0.909. The molecular weight excluding hydrogens is 164 g/mol. The molecule has 0 radical (unpaired) electrons. The van der Waals surface area contributed by atoms with E-state index >= 15 is 0 Å². The molecule has 1 unspecified atom stereocenters. The third-order valence-electron chi connectivity index (χ3n) is 3.23. The van der Waals surface area contributed by atoms with Gasteiger partial charge in [0.05, 0.1) is 6.61 Å². The Bertz CT molecular complexity index is 177. The van der Waals surface area contributed by atoms with Crippen LogP contribution in [0.15, 0.2) is 0 Å². The van der Waals surface area contributed by atoms with Crippen LogP contribution in [0.3, 0.4) is 0 Å². The normalized spacial score (nSPS) is 34.2. The van der Waals surface area contributed by atoms with Gasteiger partial charge in [0.25, 0.3) is 0 Å². The second-order valence-corrected chi connectivity index (χ2v) is 4.44. The summed E-state index contributed by atoms with van der Waals surface area (Å²) in [6.07, 6.45) is 3.72. The van der Waals surface area contributed by atoms with E-state index in [1.165, 1.54) is 26.2 Å². The van der Waals surface area contributed by atoms with Crippen LogP contribution in [0.5, 0.6) is 0 Å². The van der Waals surface area contributed by atoms with Crippen LogP contribution >= 0.6 is 0 Å². The van der Waals surface area contributed by atoms with Crippen molar-refractivity contribution in [2.45, 2.75) is 40.0 Å². The molecule has 1 aliphatic rings. The van der Waals surface area contributed by atoms with Gasteiger partial charge in [0.2, 0.25) is 0 Å². The fourth-order valence-electron chi connectivity index (χ4n) is 2.05. The van der Waals surface area contributed by atoms with Gasteiger partial charge in [-0.1, -0.05) is 20.3 Å². The first-order chi connectivity index (χ1) is 6.09. The van der Waals surface area contributed by atoms with Gasteiger partial charge in [-0.25, -0.2) is 0 Å². The molecule has 0 saturated heterocycles. The molecular formula is C11H20O2. The lowest BCUT2D eigenvalue weighted by molar-refractivity contribution is -0.142. The number of hydrogen-bond donors (Lipinski definition) is 0. The molecule has 0 aromatic rings. The quantitative estimate of drug-likeness (QED) is 0.617. The summed E-state index contributed by atoms with van der Waals surface area (Å²) in [7, 11) is 0. The van der Waals surface area contributed by atoms with Gasteiger partial charge >= 0.3 is 5.97 Å². The van der Waals surface area contributed by atoms with Crippen LogP contribution in [0.1, 0.15) is 40.0 Å². The predicted molar refractivity (Wildman–Crippen MR) is 52.3 cm³/mol. The molecule has 3 atom stereocenters. The van der Waals surface area contributed by atoms with Crippen LogP contribution in [-0.4, -0.2) is 12.6 Å². The topological polar surface area (TPSA) is 26.3 Å². The summed E-state index contributed by atoms with van der Waals surface area (Å²) in [5.41, 5.74) is 0. The highest BCUT2D eigenvalue weighted by molar-refractivity contribution is 5.65. The van der Waals surface area contributed by atoms with Crippen molar-refractivity contribution < 1.29 is 9.53 Å². The Morgan fingerprint density at radius 1 is 1.31 bits per heavy atom. The zero-order valence-corrected chi connectivity index (χ0v) is 8.88. The van der Waals surface area contributed by atoms with Crippen LogP contribution in [0.25, 0.3) is 0 Å². The maximum absolute atomic E-state index is 10.6. The van der Waals surface area contributed by atoms with Crippen molar-refractivity contribution in [1.82, 2.24) is 0 Å². The molecule has 0 bridgehead atoms. The van der Waals surface area contributed by atoms with Crippen LogP contribution in [-0.2, 0) is 9.53 Å². The molecule has 0 N–H and O–H groups in total. The van der Waals surface area contributed by atoms with Crippen LogP contribution in [0, 0.1) is 17.8 Å². The summed E-state index contributed by atoms with van der Waals surface area (Å²) < 4.78 is 5.03. The Morgan fingerprint density at radius 3 is 2.54 bits per heavy atom. The minimum atomic E-state index is -0.147. The summed E-state index contributed by atoms with van der Waals surface area (Å²) >= 11 is 0. The van der Waals surface area contributed by atoms with E-state index in [0.717, 1.165) is 11.8 Å². The van der Waals surface area contributed by atoms with Gasteiger partial charge in [0, 0.05) is 6.92 Å². The molecule has 1 fully saturated rings. The summed E-state index contributed by atoms with van der Waals surface area (Å²) in [5.74, 6) is 2.09. The Balaban J connectivity index is 2.25. The van der Waals surface area contributed by atoms with Gasteiger partial charge in [0.15, 0.2) is 0 Å². The van der Waals surface area contributed by atoms with Crippen molar-refractivity contribution in [1.29, 1.82) is 0 Å². The van der Waals surface area contributed by atoms with Gasteiger partial charge in [-0.3, -0.25) is 4.79 Å². The van der Waals surface area contributed by atoms with E-state index in [0.29, 0.717) is 12.5 Å². The van der Waals surface area contributed by atoms with Crippen LogP contribution in [0.2, 0.25) is 0 Å². The Labute approximate surface area is 80.7 Å². The monoisotopic (exact) mass is 184 g/mol. The molecule has 13 heavy (non-hydrogen) atoms. The molecule has 0 aromatic heterocycles. The zero-order chi connectivity index (χ0) is 9.84. The van der Waals surface area contributed by atoms with Crippen molar-refractivity contribution >= 4 is 5.97 Å². The Hall–Kier alpha value is -0.530. The Morgan fingerprint density at radius 2 is 2.00 bits per heavy atom. The van der Waals surface area contributed by atoms with E-state index in [-0.39, 0.29) is 5.97 Å². The fourth-order valence-corrected chi connectivity index (χ4v) is 2.05. The van der Waals surface area contributed by atoms with Gasteiger partial charge in [-0.2, -0.15) is 0 Å². The molecule has 1 saturated carbocycles. The Kier molecular flexibility index (Phi) is 3.76. The number of esters is 1. The maximum atomic E-state index is 10.6. The number of carbonyl (C=O) groups is 1. The maximum Gasteiger partial charge on any atom is 0.302 e. The smallest absolute Gasteiger partial charge is 0.302 e. The average Bonchev–Trinajstić information content (AvgIpc) is 2.07. The minimum absolute atomic E-state index is 0.147. The highest BCUT2D eigenvalue weighted by atomic mass is 16.5. The molecule has 0 amide bonds. The van der Waals surface area contributed by atoms with Gasteiger partial charge in [0.1, 0.15) is 0 Å². The molecule has 0 heterocycles. The van der Waals surface area contributed by atoms with Gasteiger partial charge in [-0.15, -0.1) is 0 Å². The first-order valence-electron chi connectivity index (χ1n) is 5.23. The van der Waals surface area contributed by atoms with E-state index in [4.69, 9.17) is 4.74 Å². The number of ether oxygens (including phenoxy) is 1. The first-order valence-corrected chi connectivity index (χ1v) is 5.23. The number of rotatable bonds is 2. The number of hydrogen-bond acceptors (Lipinski definition) is 2. The SMILES string of the molecule is CC(=O)OCC1CC[C@H](C)[C@H](C)C1. The largest absolute Gasteiger partial charge is 0.466 e. The second-order valence-electron chi connectivity index (χ2n) is 4.44. The summed E-state index contributed by atoms with van der Waals surface area (Å²) in [6, 6.07) is 0. The molecule has 0 spiro atoms. The molecule has 0 aromatic carbocycles. The van der Waals surface area contributed by atoms with Gasteiger partial charge < -0.3 is 4.74 Å². The molecule has 1 rings (SSSR count). The second kappa shape index (κ2) is 4.64. The van der Waals surface area contributed by atoms with E-state index in [9.17, 15) is 4.79 Å². The highest BCUT2D eigenvalue weighted by Crippen LogP contribution is 2.33. The lowest BCUT2D eigenvalue weighted by Gasteiger charge is -2.31. The summed E-state index contributed by atoms with van der Waals surface area (Å²) in [5, 5.41) is 0. The van der Waals surface area contributed by atoms with Crippen molar-refractivity contribution in [3.63, 3.8) is 0 Å². The third-order valence-corrected chi connectivity index (χ3v) is 3.23. The van der Waals surface area contributed by atoms with E-state index in [1.807, 2.05) is 0 Å². The van der Waals surface area contributed by atoms with Crippen LogP contribution in [0.4, 0.5) is 0 Å². The number of carbonyl (C=O) groups excluding carboxylic acids is 1. The molecule has 1 aliphatic carbocycles. The van der Waals surface area contributed by atoms with Crippen molar-refractivity contribution in [2.75, 3.05) is 6.61 Å². The standard InChI is InChI=1S/C11H20O2/c1-8-4-5-11(6-9(8)2)7-13-10(3)12/h8-9,11H,4-7H2,1-3H3/t8-,9+,11?/m0/s1. The van der Waals surface area contributed by atoms with E-state index in [2.05, 4.69) is 13.8 Å². The van der Waals surface area contributed by atoms with E-state index in [1.54, 1.807) is 0 Å². The zero-order valence-electron chi connectivity index (χ0n) is 8.88. The average molecular weight is 184 g/mol. The minimum Gasteiger partial charge on any atom is -0.466 e. The van der Waals surface area contributed by atoms with Crippen molar-refractivity contribution in [2.24, 2.45) is 17.8 Å². The van der Waals surface area contributed by atoms with E-state index < -0.39 is 0 Å². The lowest BCUT2D eigenvalue weighted by Crippen LogP contribution is -2.24. The molecule has 76 valence electrons. The van der Waals surface area contributed by atoms with Crippen molar-refractivity contribution in [3.05, 3.63) is 0 Å². The van der Waals surface area contributed by atoms with Gasteiger partial charge in [-0.05, 0) is 30.6 Å². The first kappa shape index (κ1) is 10.6. The van der Waals surface area contributed by atoms with Crippen LogP contribution < -0.4 is 0 Å². The molecule has 2 nitrogen and oxygen atoms in total. The third kappa shape index (κ3) is 3.37. The predicted octanol–water partition coefficient (Wildman–Crippen LogP) is 2.62.